The molecular formula is C15H29N3O3. The lowest BCUT2D eigenvalue weighted by Crippen LogP contribution is -2.48. The minimum absolute atomic E-state index is 0.115. The first-order valence-corrected chi connectivity index (χ1v) is 8.10. The zero-order valence-corrected chi connectivity index (χ0v) is 13.2. The summed E-state index contributed by atoms with van der Waals surface area (Å²) in [5.41, 5.74) is 0. The molecule has 21 heavy (non-hydrogen) atoms. The van der Waals surface area contributed by atoms with Gasteiger partial charge in [0.1, 0.15) is 0 Å². The van der Waals surface area contributed by atoms with E-state index in [1.807, 2.05) is 0 Å². The number of carboxylic acid groups (broad SMARTS) is 1. The Bertz CT molecular complexity index is 311. The minimum Gasteiger partial charge on any atom is -0.481 e. The number of rotatable bonds is 7. The van der Waals surface area contributed by atoms with Gasteiger partial charge in [0.2, 0.25) is 0 Å². The van der Waals surface area contributed by atoms with Crippen LogP contribution in [0.1, 0.15) is 19.3 Å². The van der Waals surface area contributed by atoms with E-state index in [1.54, 1.807) is 0 Å². The number of likely N-dealkylation sites (tertiary alicyclic amines) is 1. The van der Waals surface area contributed by atoms with Crippen molar-refractivity contribution in [3.63, 3.8) is 0 Å². The van der Waals surface area contributed by atoms with E-state index in [0.717, 1.165) is 32.5 Å². The number of piperidine rings is 1. The van der Waals surface area contributed by atoms with Crippen molar-refractivity contribution in [3.05, 3.63) is 0 Å². The van der Waals surface area contributed by atoms with Crippen LogP contribution in [0.3, 0.4) is 0 Å². The van der Waals surface area contributed by atoms with Crippen LogP contribution in [0.25, 0.3) is 0 Å². The van der Waals surface area contributed by atoms with Gasteiger partial charge < -0.3 is 19.6 Å². The summed E-state index contributed by atoms with van der Waals surface area (Å²) in [5.74, 6) is -0.778. The highest BCUT2D eigenvalue weighted by Crippen LogP contribution is 2.14. The van der Waals surface area contributed by atoms with Crippen LogP contribution in [0.4, 0.5) is 0 Å². The summed E-state index contributed by atoms with van der Waals surface area (Å²) >= 11 is 0. The van der Waals surface area contributed by atoms with Crippen LogP contribution in [0.5, 0.6) is 0 Å². The number of piperazine rings is 1. The standard InChI is InChI=1S/C15H29N3O3/c1-16-7-9-18(10-8-16)12-11-17-5-2-14(3-6-17)21-13-4-15(19)20/h14H,2-13H2,1H3,(H,19,20). The smallest absolute Gasteiger partial charge is 0.305 e. The van der Waals surface area contributed by atoms with E-state index < -0.39 is 5.97 Å². The molecule has 1 N–H and O–H groups in total. The molecule has 6 nitrogen and oxygen atoms in total. The van der Waals surface area contributed by atoms with Gasteiger partial charge in [-0.2, -0.15) is 0 Å². The normalized spacial score (nSPS) is 23.5. The summed E-state index contributed by atoms with van der Waals surface area (Å²) in [4.78, 5) is 17.9. The molecule has 0 spiro atoms. The van der Waals surface area contributed by atoms with Crippen LogP contribution in [-0.4, -0.2) is 97.9 Å². The molecule has 0 aromatic rings. The molecule has 0 atom stereocenters. The topological polar surface area (TPSA) is 56.2 Å². The summed E-state index contributed by atoms with van der Waals surface area (Å²) in [6.07, 6.45) is 2.43. The summed E-state index contributed by atoms with van der Waals surface area (Å²) in [7, 11) is 2.19. The molecule has 6 heteroatoms. The molecule has 2 aliphatic heterocycles. The van der Waals surface area contributed by atoms with Gasteiger partial charge in [0.05, 0.1) is 19.1 Å². The number of aliphatic carboxylic acids is 1. The van der Waals surface area contributed by atoms with E-state index >= 15 is 0 Å². The monoisotopic (exact) mass is 299 g/mol. The van der Waals surface area contributed by atoms with E-state index in [-0.39, 0.29) is 12.5 Å². The number of ether oxygens (including phenoxy) is 1. The lowest BCUT2D eigenvalue weighted by molar-refractivity contribution is -0.138. The number of likely N-dealkylation sites (N-methyl/N-ethyl adjacent to an activating group) is 1. The first-order valence-electron chi connectivity index (χ1n) is 8.10. The van der Waals surface area contributed by atoms with Crippen LogP contribution in [0, 0.1) is 0 Å². The van der Waals surface area contributed by atoms with Crippen LogP contribution < -0.4 is 0 Å². The molecule has 0 aliphatic carbocycles. The van der Waals surface area contributed by atoms with E-state index in [4.69, 9.17) is 9.84 Å². The average molecular weight is 299 g/mol. The molecule has 0 unspecified atom stereocenters. The summed E-state index contributed by atoms with van der Waals surface area (Å²) in [5, 5.41) is 8.60. The Morgan fingerprint density at radius 1 is 1.05 bits per heavy atom. The molecule has 2 aliphatic rings. The van der Waals surface area contributed by atoms with Crippen molar-refractivity contribution in [2.75, 3.05) is 66.0 Å². The maximum Gasteiger partial charge on any atom is 0.305 e. The average Bonchev–Trinajstić information content (AvgIpc) is 2.48. The highest BCUT2D eigenvalue weighted by atomic mass is 16.5. The Morgan fingerprint density at radius 3 is 2.19 bits per heavy atom. The van der Waals surface area contributed by atoms with Gasteiger partial charge in [-0.05, 0) is 19.9 Å². The molecule has 122 valence electrons. The van der Waals surface area contributed by atoms with Gasteiger partial charge >= 0.3 is 5.97 Å². The Labute approximate surface area is 127 Å². The zero-order chi connectivity index (χ0) is 15.1. The summed E-state index contributed by atoms with van der Waals surface area (Å²) < 4.78 is 5.62. The van der Waals surface area contributed by atoms with Gasteiger partial charge in [-0.25, -0.2) is 0 Å². The summed E-state index contributed by atoms with van der Waals surface area (Å²) in [6, 6.07) is 0. The third-order valence-electron chi connectivity index (χ3n) is 4.53. The summed E-state index contributed by atoms with van der Waals surface area (Å²) in [6.45, 7) is 9.54. The van der Waals surface area contributed by atoms with Gasteiger partial charge in [0, 0.05) is 52.4 Å². The number of hydrogen-bond donors (Lipinski definition) is 1. The van der Waals surface area contributed by atoms with E-state index in [0.29, 0.717) is 6.61 Å². The van der Waals surface area contributed by atoms with Crippen molar-refractivity contribution in [2.45, 2.75) is 25.4 Å². The fourth-order valence-corrected chi connectivity index (χ4v) is 2.97. The molecule has 0 bridgehead atoms. The van der Waals surface area contributed by atoms with Crippen molar-refractivity contribution in [3.8, 4) is 0 Å². The SMILES string of the molecule is CN1CCN(CCN2CCC(OCCC(=O)O)CC2)CC1. The van der Waals surface area contributed by atoms with Crippen molar-refractivity contribution < 1.29 is 14.6 Å². The first kappa shape index (κ1) is 16.7. The highest BCUT2D eigenvalue weighted by Gasteiger charge is 2.21. The molecule has 2 saturated heterocycles. The van der Waals surface area contributed by atoms with E-state index in [9.17, 15) is 4.79 Å². The third-order valence-corrected chi connectivity index (χ3v) is 4.53. The molecule has 2 heterocycles. The number of hydrogen-bond acceptors (Lipinski definition) is 5. The van der Waals surface area contributed by atoms with Gasteiger partial charge in [0.25, 0.3) is 0 Å². The number of carboxylic acids is 1. The Balaban J connectivity index is 1.53. The van der Waals surface area contributed by atoms with Crippen molar-refractivity contribution in [2.24, 2.45) is 0 Å². The Kier molecular flexibility index (Phi) is 6.89. The van der Waals surface area contributed by atoms with Crippen molar-refractivity contribution in [1.29, 1.82) is 0 Å². The van der Waals surface area contributed by atoms with Gasteiger partial charge in [-0.1, -0.05) is 0 Å². The zero-order valence-electron chi connectivity index (χ0n) is 13.2. The molecule has 2 fully saturated rings. The quantitative estimate of drug-likeness (QED) is 0.724. The fourth-order valence-electron chi connectivity index (χ4n) is 2.97. The molecule has 0 amide bonds. The highest BCUT2D eigenvalue weighted by molar-refractivity contribution is 5.66. The van der Waals surface area contributed by atoms with E-state index in [2.05, 4.69) is 21.7 Å². The molecule has 0 aromatic heterocycles. The molecule has 0 radical (unpaired) electrons. The van der Waals surface area contributed by atoms with Crippen LogP contribution >= 0.6 is 0 Å². The van der Waals surface area contributed by atoms with Crippen LogP contribution in [0.15, 0.2) is 0 Å². The lowest BCUT2D eigenvalue weighted by Gasteiger charge is -2.36. The maximum absolute atomic E-state index is 10.5. The second-order valence-corrected chi connectivity index (χ2v) is 6.20. The second-order valence-electron chi connectivity index (χ2n) is 6.20. The molecular weight excluding hydrogens is 270 g/mol. The predicted molar refractivity (Wildman–Crippen MR) is 81.6 cm³/mol. The van der Waals surface area contributed by atoms with Crippen molar-refractivity contribution in [1.82, 2.24) is 14.7 Å². The van der Waals surface area contributed by atoms with Gasteiger partial charge in [0.15, 0.2) is 0 Å². The van der Waals surface area contributed by atoms with Gasteiger partial charge in [-0.15, -0.1) is 0 Å². The molecule has 2 rings (SSSR count). The number of nitrogens with zero attached hydrogens (tertiary/aromatic N) is 3. The third kappa shape index (κ3) is 6.30. The predicted octanol–water partition coefficient (Wildman–Crippen LogP) is 0.190. The number of carbonyl (C=O) groups is 1. The van der Waals surface area contributed by atoms with Crippen LogP contribution in [-0.2, 0) is 9.53 Å². The largest absolute Gasteiger partial charge is 0.481 e. The Morgan fingerprint density at radius 2 is 1.62 bits per heavy atom. The molecule has 0 saturated carbocycles. The lowest BCUT2D eigenvalue weighted by atomic mass is 10.1. The van der Waals surface area contributed by atoms with Gasteiger partial charge in [-0.3, -0.25) is 9.69 Å². The van der Waals surface area contributed by atoms with E-state index in [1.165, 1.54) is 32.7 Å². The fraction of sp³-hybridized carbons (Fsp3) is 0.933. The van der Waals surface area contributed by atoms with Crippen LogP contribution in [0.2, 0.25) is 0 Å². The second kappa shape index (κ2) is 8.68. The Hall–Kier alpha value is -0.690. The minimum atomic E-state index is -0.778. The maximum atomic E-state index is 10.5. The van der Waals surface area contributed by atoms with Crippen molar-refractivity contribution >= 4 is 5.97 Å². The first-order chi connectivity index (χ1) is 10.1. The molecule has 0 aromatic carbocycles.